The number of aromatic nitrogens is 3. The van der Waals surface area contributed by atoms with E-state index in [0.717, 1.165) is 31.7 Å². The van der Waals surface area contributed by atoms with Crippen LogP contribution in [0.5, 0.6) is 0 Å². The standard InChI is InChI=1S/C16H17ClFN5O2/c17-12-9-11(1-2-13(12)18)20-15-21-14(10-19-22-15)23-5-3-16(4-6-23)24-7-8-25-16/h1-2,9-10H,3-8H2,(H,20,21,22). The topological polar surface area (TPSA) is 72.4 Å². The molecule has 1 spiro atoms. The second kappa shape index (κ2) is 6.70. The van der Waals surface area contributed by atoms with E-state index < -0.39 is 11.6 Å². The predicted octanol–water partition coefficient (Wildman–Crippen LogP) is 2.75. The molecule has 0 bridgehead atoms. The molecule has 0 atom stereocenters. The zero-order valence-electron chi connectivity index (χ0n) is 13.4. The quantitative estimate of drug-likeness (QED) is 0.896. The summed E-state index contributed by atoms with van der Waals surface area (Å²) in [5, 5.41) is 11.0. The normalized spacial score (nSPS) is 19.4. The van der Waals surface area contributed by atoms with Gasteiger partial charge < -0.3 is 19.7 Å². The van der Waals surface area contributed by atoms with E-state index in [1.165, 1.54) is 12.1 Å². The molecule has 2 fully saturated rings. The van der Waals surface area contributed by atoms with Gasteiger partial charge in [-0.3, -0.25) is 0 Å². The molecule has 25 heavy (non-hydrogen) atoms. The average Bonchev–Trinajstić information content (AvgIpc) is 3.07. The molecule has 2 aliphatic rings. The highest BCUT2D eigenvalue weighted by molar-refractivity contribution is 6.31. The van der Waals surface area contributed by atoms with Crippen molar-refractivity contribution in [2.24, 2.45) is 0 Å². The zero-order valence-corrected chi connectivity index (χ0v) is 14.2. The maximum Gasteiger partial charge on any atom is 0.249 e. The van der Waals surface area contributed by atoms with E-state index in [-0.39, 0.29) is 5.02 Å². The molecule has 2 aliphatic heterocycles. The van der Waals surface area contributed by atoms with Crippen molar-refractivity contribution in [2.45, 2.75) is 18.6 Å². The lowest BCUT2D eigenvalue weighted by molar-refractivity contribution is -0.169. The molecule has 7 nitrogen and oxygen atoms in total. The Morgan fingerprint density at radius 3 is 2.68 bits per heavy atom. The molecule has 4 rings (SSSR count). The molecule has 3 heterocycles. The number of hydrogen-bond acceptors (Lipinski definition) is 7. The first-order chi connectivity index (χ1) is 12.1. The third kappa shape index (κ3) is 3.51. The van der Waals surface area contributed by atoms with E-state index in [1.807, 2.05) is 0 Å². The first-order valence-corrected chi connectivity index (χ1v) is 8.46. The Balaban J connectivity index is 1.45. The van der Waals surface area contributed by atoms with Gasteiger partial charge in [0.2, 0.25) is 5.95 Å². The number of piperidine rings is 1. The van der Waals surface area contributed by atoms with Gasteiger partial charge in [0.15, 0.2) is 11.6 Å². The molecule has 0 amide bonds. The zero-order chi connectivity index (χ0) is 17.3. The van der Waals surface area contributed by atoms with Crippen molar-refractivity contribution in [2.75, 3.05) is 36.5 Å². The summed E-state index contributed by atoms with van der Waals surface area (Å²) in [5.74, 6) is 0.147. The monoisotopic (exact) mass is 365 g/mol. The van der Waals surface area contributed by atoms with E-state index in [9.17, 15) is 4.39 Å². The van der Waals surface area contributed by atoms with Gasteiger partial charge in [0.05, 0.1) is 24.4 Å². The van der Waals surface area contributed by atoms with E-state index >= 15 is 0 Å². The Bertz CT molecular complexity index is 762. The van der Waals surface area contributed by atoms with Gasteiger partial charge in [-0.05, 0) is 18.2 Å². The van der Waals surface area contributed by atoms with Gasteiger partial charge in [-0.2, -0.15) is 10.1 Å². The van der Waals surface area contributed by atoms with Crippen molar-refractivity contribution in [3.05, 3.63) is 35.2 Å². The van der Waals surface area contributed by atoms with Crippen LogP contribution in [-0.2, 0) is 9.47 Å². The fourth-order valence-corrected chi connectivity index (χ4v) is 3.25. The van der Waals surface area contributed by atoms with E-state index in [2.05, 4.69) is 25.4 Å². The summed E-state index contributed by atoms with van der Waals surface area (Å²) in [4.78, 5) is 6.60. The number of rotatable bonds is 3. The predicted molar refractivity (Wildman–Crippen MR) is 90.6 cm³/mol. The highest BCUT2D eigenvalue weighted by Gasteiger charge is 2.40. The average molecular weight is 366 g/mol. The fraction of sp³-hybridized carbons (Fsp3) is 0.438. The lowest BCUT2D eigenvalue weighted by atomic mass is 10.0. The largest absolute Gasteiger partial charge is 0.355 e. The summed E-state index contributed by atoms with van der Waals surface area (Å²) >= 11 is 5.79. The van der Waals surface area contributed by atoms with Gasteiger partial charge in [-0.15, -0.1) is 5.10 Å². The Hall–Kier alpha value is -2.03. The number of nitrogens with zero attached hydrogens (tertiary/aromatic N) is 4. The highest BCUT2D eigenvalue weighted by atomic mass is 35.5. The van der Waals surface area contributed by atoms with Gasteiger partial charge in [0.25, 0.3) is 0 Å². The highest BCUT2D eigenvalue weighted by Crippen LogP contribution is 2.32. The van der Waals surface area contributed by atoms with Gasteiger partial charge in [-0.25, -0.2) is 4.39 Å². The van der Waals surface area contributed by atoms with Crippen LogP contribution in [0.3, 0.4) is 0 Å². The lowest BCUT2D eigenvalue weighted by Gasteiger charge is -2.37. The van der Waals surface area contributed by atoms with Crippen LogP contribution in [0, 0.1) is 5.82 Å². The summed E-state index contributed by atoms with van der Waals surface area (Å²) < 4.78 is 24.7. The second-order valence-corrected chi connectivity index (χ2v) is 6.39. The third-order valence-corrected chi connectivity index (χ3v) is 4.67. The Morgan fingerprint density at radius 1 is 1.20 bits per heavy atom. The number of ether oxygens (including phenoxy) is 2. The maximum atomic E-state index is 13.2. The molecule has 1 aromatic heterocycles. The van der Waals surface area contributed by atoms with Crippen LogP contribution in [0.4, 0.5) is 21.8 Å². The van der Waals surface area contributed by atoms with E-state index in [1.54, 1.807) is 12.3 Å². The van der Waals surface area contributed by atoms with Gasteiger partial charge >= 0.3 is 0 Å². The molecule has 2 aromatic rings. The molecular weight excluding hydrogens is 349 g/mol. The number of hydrogen-bond donors (Lipinski definition) is 1. The molecule has 132 valence electrons. The summed E-state index contributed by atoms with van der Waals surface area (Å²) in [6.45, 7) is 2.84. The van der Waals surface area contributed by atoms with Gasteiger partial charge in [0, 0.05) is 31.6 Å². The second-order valence-electron chi connectivity index (χ2n) is 5.99. The van der Waals surface area contributed by atoms with Crippen LogP contribution < -0.4 is 10.2 Å². The minimum absolute atomic E-state index is 0.0343. The van der Waals surface area contributed by atoms with Crippen molar-refractivity contribution in [3.63, 3.8) is 0 Å². The van der Waals surface area contributed by atoms with Crippen molar-refractivity contribution in [3.8, 4) is 0 Å². The Labute approximate surface area is 149 Å². The molecule has 0 unspecified atom stereocenters. The smallest absolute Gasteiger partial charge is 0.249 e. The van der Waals surface area contributed by atoms with Crippen LogP contribution in [0.15, 0.2) is 24.4 Å². The lowest BCUT2D eigenvalue weighted by Crippen LogP contribution is -2.45. The minimum Gasteiger partial charge on any atom is -0.355 e. The Morgan fingerprint density at radius 2 is 1.96 bits per heavy atom. The molecule has 0 saturated carbocycles. The van der Waals surface area contributed by atoms with Gasteiger partial charge in [0.1, 0.15) is 5.82 Å². The minimum atomic E-state index is -0.474. The summed E-state index contributed by atoms with van der Waals surface area (Å²) in [5.41, 5.74) is 0.593. The Kier molecular flexibility index (Phi) is 4.41. The summed E-state index contributed by atoms with van der Waals surface area (Å²) in [7, 11) is 0. The molecule has 9 heteroatoms. The number of benzene rings is 1. The maximum absolute atomic E-state index is 13.2. The van der Waals surface area contributed by atoms with Crippen LogP contribution in [0.1, 0.15) is 12.8 Å². The van der Waals surface area contributed by atoms with E-state index in [4.69, 9.17) is 21.1 Å². The first-order valence-electron chi connectivity index (χ1n) is 8.08. The molecular formula is C16H17ClFN5O2. The number of anilines is 3. The third-order valence-electron chi connectivity index (χ3n) is 4.38. The number of halogens is 2. The van der Waals surface area contributed by atoms with E-state index in [0.29, 0.717) is 24.8 Å². The van der Waals surface area contributed by atoms with Crippen molar-refractivity contribution in [1.29, 1.82) is 0 Å². The van der Waals surface area contributed by atoms with Crippen LogP contribution in [-0.4, -0.2) is 47.3 Å². The summed E-state index contributed by atoms with van der Waals surface area (Å²) in [6, 6.07) is 4.33. The molecule has 2 saturated heterocycles. The number of nitrogens with one attached hydrogen (secondary N) is 1. The van der Waals surface area contributed by atoms with Crippen molar-refractivity contribution in [1.82, 2.24) is 15.2 Å². The van der Waals surface area contributed by atoms with Crippen LogP contribution in [0.2, 0.25) is 5.02 Å². The molecule has 1 aromatic carbocycles. The van der Waals surface area contributed by atoms with Crippen molar-refractivity contribution >= 4 is 29.1 Å². The summed E-state index contributed by atoms with van der Waals surface area (Å²) in [6.07, 6.45) is 3.19. The first kappa shape index (κ1) is 16.4. The SMILES string of the molecule is Fc1ccc(Nc2nncc(N3CCC4(CC3)OCCO4)n2)cc1Cl. The molecule has 0 aliphatic carbocycles. The molecule has 0 radical (unpaired) electrons. The van der Waals surface area contributed by atoms with Crippen molar-refractivity contribution < 1.29 is 13.9 Å². The fourth-order valence-electron chi connectivity index (χ4n) is 3.07. The van der Waals surface area contributed by atoms with Crippen LogP contribution >= 0.6 is 11.6 Å². The van der Waals surface area contributed by atoms with Crippen LogP contribution in [0.25, 0.3) is 0 Å². The van der Waals surface area contributed by atoms with Gasteiger partial charge in [-0.1, -0.05) is 11.6 Å². The molecule has 1 N–H and O–H groups in total.